The molecule has 0 amide bonds. The molecule has 3 nitrogen and oxygen atoms in total. The van der Waals surface area contributed by atoms with Crippen molar-refractivity contribution < 1.29 is 14.7 Å². The maximum absolute atomic E-state index is 9.15. The summed E-state index contributed by atoms with van der Waals surface area (Å²) >= 11 is 0. The molecule has 2 N–H and O–H groups in total. The van der Waals surface area contributed by atoms with E-state index in [4.69, 9.17) is 9.84 Å². The largest absolute Gasteiger partial charge is 0.457 e. The van der Waals surface area contributed by atoms with Gasteiger partial charge in [0.05, 0.1) is 13.2 Å². The van der Waals surface area contributed by atoms with Gasteiger partial charge in [-0.05, 0) is 30.7 Å². The van der Waals surface area contributed by atoms with E-state index >= 15 is 0 Å². The van der Waals surface area contributed by atoms with Gasteiger partial charge in [-0.3, -0.25) is 0 Å². The van der Waals surface area contributed by atoms with Crippen molar-refractivity contribution in [3.05, 3.63) is 60.2 Å². The van der Waals surface area contributed by atoms with Crippen LogP contribution in [0.1, 0.15) is 18.9 Å². The van der Waals surface area contributed by atoms with Gasteiger partial charge in [-0.25, -0.2) is 0 Å². The first-order valence-corrected chi connectivity index (χ1v) is 7.58. The van der Waals surface area contributed by atoms with Crippen LogP contribution < -0.4 is 9.64 Å². The zero-order chi connectivity index (χ0) is 14.9. The van der Waals surface area contributed by atoms with Crippen molar-refractivity contribution in [2.24, 2.45) is 0 Å². The Labute approximate surface area is 126 Å². The van der Waals surface area contributed by atoms with Crippen LogP contribution in [0.15, 0.2) is 54.6 Å². The molecule has 0 bridgehead atoms. The van der Waals surface area contributed by atoms with Crippen LogP contribution in [0.25, 0.3) is 0 Å². The molecule has 3 heteroatoms. The van der Waals surface area contributed by atoms with Crippen LogP contribution in [0.3, 0.4) is 0 Å². The van der Waals surface area contributed by atoms with Gasteiger partial charge in [-0.15, -0.1) is 0 Å². The van der Waals surface area contributed by atoms with Gasteiger partial charge in [0.2, 0.25) is 0 Å². The number of hydrogen-bond acceptors (Lipinski definition) is 2. The van der Waals surface area contributed by atoms with Crippen molar-refractivity contribution in [1.82, 2.24) is 0 Å². The second-order valence-corrected chi connectivity index (χ2v) is 5.21. The normalized spacial score (nSPS) is 12.1. The summed E-state index contributed by atoms with van der Waals surface area (Å²) in [6.45, 7) is 5.18. The van der Waals surface area contributed by atoms with Crippen LogP contribution in [0, 0.1) is 0 Å². The fraction of sp³-hybridized carbons (Fsp3) is 0.333. The van der Waals surface area contributed by atoms with Crippen molar-refractivity contribution in [1.29, 1.82) is 0 Å². The molecule has 1 atom stereocenters. The van der Waals surface area contributed by atoms with E-state index in [1.165, 1.54) is 10.5 Å². The molecule has 0 radical (unpaired) electrons. The summed E-state index contributed by atoms with van der Waals surface area (Å²) in [5.41, 5.74) is 1.24. The molecule has 0 fully saturated rings. The number of hydrogen-bond donors (Lipinski definition) is 2. The second-order valence-electron chi connectivity index (χ2n) is 5.21. The molecule has 2 aromatic rings. The molecule has 0 spiro atoms. The summed E-state index contributed by atoms with van der Waals surface area (Å²) < 4.78 is 5.86. The third-order valence-corrected chi connectivity index (χ3v) is 3.40. The SMILES string of the molecule is CCC[NH+](CCO)Cc1cccc(Oc2ccccc2)c1. The quantitative estimate of drug-likeness (QED) is 0.780. The number of rotatable bonds is 8. The van der Waals surface area contributed by atoms with E-state index in [-0.39, 0.29) is 6.61 Å². The zero-order valence-electron chi connectivity index (χ0n) is 12.6. The molecule has 0 aliphatic rings. The first-order valence-electron chi connectivity index (χ1n) is 7.58. The number of ether oxygens (including phenoxy) is 1. The highest BCUT2D eigenvalue weighted by Gasteiger charge is 2.08. The molecular weight excluding hydrogens is 262 g/mol. The van der Waals surface area contributed by atoms with Crippen LogP contribution in [0.5, 0.6) is 11.5 Å². The minimum Gasteiger partial charge on any atom is -0.457 e. The van der Waals surface area contributed by atoms with Crippen molar-refractivity contribution in [3.8, 4) is 11.5 Å². The molecule has 0 aliphatic carbocycles. The van der Waals surface area contributed by atoms with Gasteiger partial charge in [-0.2, -0.15) is 0 Å². The Bertz CT molecular complexity index is 522. The highest BCUT2D eigenvalue weighted by molar-refractivity contribution is 5.33. The monoisotopic (exact) mass is 286 g/mol. The Hall–Kier alpha value is -1.84. The van der Waals surface area contributed by atoms with Crippen molar-refractivity contribution in [2.45, 2.75) is 19.9 Å². The number of nitrogens with one attached hydrogen (secondary N) is 1. The molecule has 112 valence electrons. The van der Waals surface area contributed by atoms with Crippen LogP contribution >= 0.6 is 0 Å². The molecule has 21 heavy (non-hydrogen) atoms. The van der Waals surface area contributed by atoms with E-state index in [2.05, 4.69) is 19.1 Å². The molecular formula is C18H24NO2+. The lowest BCUT2D eigenvalue weighted by Crippen LogP contribution is -3.11. The maximum atomic E-state index is 9.15. The molecule has 2 aromatic carbocycles. The topological polar surface area (TPSA) is 33.9 Å². The predicted octanol–water partition coefficient (Wildman–Crippen LogP) is 2.27. The third-order valence-electron chi connectivity index (χ3n) is 3.40. The van der Waals surface area contributed by atoms with Crippen LogP contribution in [-0.2, 0) is 6.54 Å². The van der Waals surface area contributed by atoms with Crippen molar-refractivity contribution in [3.63, 3.8) is 0 Å². The second kappa shape index (κ2) is 8.45. The van der Waals surface area contributed by atoms with Gasteiger partial charge in [0.25, 0.3) is 0 Å². The molecule has 0 saturated heterocycles. The zero-order valence-corrected chi connectivity index (χ0v) is 12.6. The lowest BCUT2D eigenvalue weighted by molar-refractivity contribution is -0.914. The van der Waals surface area contributed by atoms with Gasteiger partial charge < -0.3 is 14.7 Å². The summed E-state index contributed by atoms with van der Waals surface area (Å²) in [5.74, 6) is 1.71. The third kappa shape index (κ3) is 5.21. The Morgan fingerprint density at radius 1 is 0.952 bits per heavy atom. The summed E-state index contributed by atoms with van der Waals surface area (Å²) in [7, 11) is 0. The minimum absolute atomic E-state index is 0.232. The Morgan fingerprint density at radius 2 is 1.71 bits per heavy atom. The molecule has 0 aliphatic heterocycles. The average Bonchev–Trinajstić information content (AvgIpc) is 2.49. The molecule has 0 aromatic heterocycles. The first kappa shape index (κ1) is 15.5. The van der Waals surface area contributed by atoms with Crippen molar-refractivity contribution >= 4 is 0 Å². The predicted molar refractivity (Wildman–Crippen MR) is 84.7 cm³/mol. The fourth-order valence-electron chi connectivity index (χ4n) is 2.45. The van der Waals surface area contributed by atoms with Crippen molar-refractivity contribution in [2.75, 3.05) is 19.7 Å². The van der Waals surface area contributed by atoms with Crippen LogP contribution in [-0.4, -0.2) is 24.8 Å². The molecule has 2 rings (SSSR count). The highest BCUT2D eigenvalue weighted by atomic mass is 16.5. The number of quaternary nitrogens is 1. The van der Waals surface area contributed by atoms with Gasteiger partial charge in [-0.1, -0.05) is 37.3 Å². The Morgan fingerprint density at radius 3 is 2.43 bits per heavy atom. The number of benzene rings is 2. The van der Waals surface area contributed by atoms with E-state index in [0.29, 0.717) is 0 Å². The summed E-state index contributed by atoms with van der Waals surface area (Å²) in [4.78, 5) is 1.40. The summed E-state index contributed by atoms with van der Waals surface area (Å²) in [5, 5.41) is 9.15. The summed E-state index contributed by atoms with van der Waals surface area (Å²) in [6, 6.07) is 18.0. The first-order chi connectivity index (χ1) is 10.3. The van der Waals surface area contributed by atoms with Gasteiger partial charge in [0.1, 0.15) is 24.6 Å². The summed E-state index contributed by atoms with van der Waals surface area (Å²) in [6.07, 6.45) is 1.12. The van der Waals surface area contributed by atoms with E-state index in [0.717, 1.165) is 37.6 Å². The maximum Gasteiger partial charge on any atom is 0.127 e. The smallest absolute Gasteiger partial charge is 0.127 e. The van der Waals surface area contributed by atoms with Gasteiger partial charge in [0.15, 0.2) is 0 Å². The number of para-hydroxylation sites is 1. The molecule has 0 saturated carbocycles. The van der Waals surface area contributed by atoms with Gasteiger partial charge in [0, 0.05) is 5.56 Å². The van der Waals surface area contributed by atoms with Crippen LogP contribution in [0.4, 0.5) is 0 Å². The van der Waals surface area contributed by atoms with E-state index in [1.807, 2.05) is 42.5 Å². The number of aliphatic hydroxyl groups is 1. The average molecular weight is 286 g/mol. The standard InChI is InChI=1S/C18H23NO2/c1-2-11-19(12-13-20)15-16-7-6-10-18(14-16)21-17-8-4-3-5-9-17/h3-10,14,20H,2,11-13,15H2,1H3/p+1. The molecule has 0 heterocycles. The lowest BCUT2D eigenvalue weighted by atomic mass is 10.2. The number of aliphatic hydroxyl groups excluding tert-OH is 1. The molecule has 1 unspecified atom stereocenters. The van der Waals surface area contributed by atoms with E-state index in [9.17, 15) is 0 Å². The fourth-order valence-corrected chi connectivity index (χ4v) is 2.45. The van der Waals surface area contributed by atoms with Crippen LogP contribution in [0.2, 0.25) is 0 Å². The Kier molecular flexibility index (Phi) is 6.25. The highest BCUT2D eigenvalue weighted by Crippen LogP contribution is 2.21. The van der Waals surface area contributed by atoms with E-state index < -0.39 is 0 Å². The Balaban J connectivity index is 2.03. The minimum atomic E-state index is 0.232. The van der Waals surface area contributed by atoms with E-state index in [1.54, 1.807) is 0 Å². The van der Waals surface area contributed by atoms with Gasteiger partial charge >= 0.3 is 0 Å². The lowest BCUT2D eigenvalue weighted by Gasteiger charge is -2.18.